The first-order chi connectivity index (χ1) is 13.2. The highest BCUT2D eigenvalue weighted by Gasteiger charge is 2.63. The normalized spacial score (nSPS) is 49.1. The van der Waals surface area contributed by atoms with Crippen molar-refractivity contribution in [3.8, 4) is 0 Å². The van der Waals surface area contributed by atoms with Gasteiger partial charge in [-0.2, -0.15) is 0 Å². The van der Waals surface area contributed by atoms with Crippen molar-refractivity contribution in [1.82, 2.24) is 0 Å². The Morgan fingerprint density at radius 1 is 1.14 bits per heavy atom. The maximum Gasteiger partial charge on any atom is 0.303 e. The predicted octanol–water partition coefficient (Wildman–Crippen LogP) is 4.69. The van der Waals surface area contributed by atoms with Gasteiger partial charge in [0.15, 0.2) is 0 Å². The number of ketones is 1. The number of fused-ring (bicyclic) bond motifs is 5. The number of aliphatic hydroxyl groups excluding tert-OH is 1. The molecule has 28 heavy (non-hydrogen) atoms. The fraction of sp³-hybridized carbons (Fsp3) is 0.917. The third-order valence-electron chi connectivity index (χ3n) is 9.89. The minimum atomic E-state index is -0.711. The van der Waals surface area contributed by atoms with E-state index in [9.17, 15) is 14.7 Å². The number of hydrogen-bond donors (Lipinski definition) is 2. The summed E-state index contributed by atoms with van der Waals surface area (Å²) < 4.78 is 0. The van der Waals surface area contributed by atoms with Gasteiger partial charge in [-0.05, 0) is 91.8 Å². The van der Waals surface area contributed by atoms with E-state index in [-0.39, 0.29) is 29.3 Å². The molecule has 9 atom stereocenters. The molecule has 0 bridgehead atoms. The highest BCUT2D eigenvalue weighted by Crippen LogP contribution is 2.67. The van der Waals surface area contributed by atoms with Gasteiger partial charge in [0.2, 0.25) is 0 Å². The summed E-state index contributed by atoms with van der Waals surface area (Å²) in [5.41, 5.74) is 0.126. The number of hydrogen-bond acceptors (Lipinski definition) is 3. The molecule has 4 heteroatoms. The molecule has 0 aromatic carbocycles. The molecule has 0 aromatic rings. The summed E-state index contributed by atoms with van der Waals surface area (Å²) in [5.74, 6) is 2.40. The molecule has 0 aliphatic heterocycles. The lowest BCUT2D eigenvalue weighted by atomic mass is 9.44. The van der Waals surface area contributed by atoms with Crippen molar-refractivity contribution in [3.05, 3.63) is 0 Å². The summed E-state index contributed by atoms with van der Waals surface area (Å²) in [6.07, 6.45) is 8.85. The van der Waals surface area contributed by atoms with Crippen molar-refractivity contribution in [2.45, 2.75) is 91.1 Å². The number of aliphatic carboxylic acids is 1. The van der Waals surface area contributed by atoms with Crippen LogP contribution in [-0.4, -0.2) is 28.1 Å². The second kappa shape index (κ2) is 7.11. The van der Waals surface area contributed by atoms with E-state index in [1.54, 1.807) is 0 Å². The molecule has 0 amide bonds. The largest absolute Gasteiger partial charge is 0.481 e. The van der Waals surface area contributed by atoms with Crippen molar-refractivity contribution in [3.63, 3.8) is 0 Å². The Morgan fingerprint density at radius 2 is 1.89 bits per heavy atom. The van der Waals surface area contributed by atoms with Crippen molar-refractivity contribution in [2.24, 2.45) is 46.3 Å². The number of Topliss-reactive ketones (excluding diaryl/α,β-unsaturated/α-hetero) is 1. The molecular formula is C24H38O4. The van der Waals surface area contributed by atoms with E-state index < -0.39 is 5.97 Å². The lowest BCUT2D eigenvalue weighted by Gasteiger charge is -2.60. The van der Waals surface area contributed by atoms with Crippen LogP contribution in [0.5, 0.6) is 0 Å². The molecule has 0 saturated heterocycles. The molecule has 0 spiro atoms. The van der Waals surface area contributed by atoms with E-state index >= 15 is 0 Å². The fourth-order valence-corrected chi connectivity index (χ4v) is 8.57. The van der Waals surface area contributed by atoms with Gasteiger partial charge in [0.25, 0.3) is 0 Å². The van der Waals surface area contributed by atoms with Gasteiger partial charge < -0.3 is 10.2 Å². The topological polar surface area (TPSA) is 74.6 Å². The van der Waals surface area contributed by atoms with Crippen molar-refractivity contribution >= 4 is 11.8 Å². The van der Waals surface area contributed by atoms with E-state index in [0.29, 0.717) is 41.8 Å². The molecule has 4 fully saturated rings. The van der Waals surface area contributed by atoms with Crippen molar-refractivity contribution < 1.29 is 19.8 Å². The van der Waals surface area contributed by atoms with Crippen LogP contribution in [0.3, 0.4) is 0 Å². The molecule has 4 aliphatic rings. The number of carboxylic acid groups (broad SMARTS) is 1. The zero-order valence-electron chi connectivity index (χ0n) is 17.8. The van der Waals surface area contributed by atoms with Gasteiger partial charge >= 0.3 is 5.97 Å². The molecule has 2 unspecified atom stereocenters. The first-order valence-corrected chi connectivity index (χ1v) is 11.6. The number of carbonyl (C=O) groups excluding carboxylic acids is 1. The molecule has 4 nitrogen and oxygen atoms in total. The van der Waals surface area contributed by atoms with Gasteiger partial charge in [-0.3, -0.25) is 9.59 Å². The van der Waals surface area contributed by atoms with Gasteiger partial charge in [-0.1, -0.05) is 20.8 Å². The van der Waals surface area contributed by atoms with Crippen molar-refractivity contribution in [2.75, 3.05) is 0 Å². The lowest BCUT2D eigenvalue weighted by molar-refractivity contribution is -0.162. The molecule has 4 aliphatic carbocycles. The molecule has 0 radical (unpaired) electrons. The standard InChI is InChI=1S/C24H38O4/c1-14(4-9-21(27)28)18-7-8-19-17-6-5-15-12-16(25)10-11-23(15,2)22(17)20(26)13-24(18,19)3/h14-19,22,25H,4-13H2,1-3H3,(H,27,28)/t14-,15?,16?,17+,18-,19+,22-,23+,24-/m1/s1. The van der Waals surface area contributed by atoms with Crippen LogP contribution in [0.4, 0.5) is 0 Å². The Bertz CT molecular complexity index is 645. The Kier molecular flexibility index (Phi) is 5.17. The summed E-state index contributed by atoms with van der Waals surface area (Å²) in [6.45, 7) is 6.90. The van der Waals surface area contributed by atoms with Crippen LogP contribution in [0, 0.1) is 46.3 Å². The second-order valence-corrected chi connectivity index (χ2v) is 11.2. The monoisotopic (exact) mass is 390 g/mol. The van der Waals surface area contributed by atoms with Crippen LogP contribution in [0.2, 0.25) is 0 Å². The van der Waals surface area contributed by atoms with Gasteiger partial charge in [0, 0.05) is 18.8 Å². The van der Waals surface area contributed by atoms with E-state index in [4.69, 9.17) is 5.11 Å². The molecule has 4 saturated carbocycles. The zero-order chi connectivity index (χ0) is 20.3. The fourth-order valence-electron chi connectivity index (χ4n) is 8.57. The van der Waals surface area contributed by atoms with Gasteiger partial charge in [0.1, 0.15) is 5.78 Å². The quantitative estimate of drug-likeness (QED) is 0.730. The summed E-state index contributed by atoms with van der Waals surface area (Å²) in [4.78, 5) is 24.6. The second-order valence-electron chi connectivity index (χ2n) is 11.2. The van der Waals surface area contributed by atoms with E-state index in [0.717, 1.165) is 44.9 Å². The Hall–Kier alpha value is -0.900. The first kappa shape index (κ1) is 20.4. The van der Waals surface area contributed by atoms with Crippen LogP contribution < -0.4 is 0 Å². The summed E-state index contributed by atoms with van der Waals surface area (Å²) in [7, 11) is 0. The van der Waals surface area contributed by atoms with Crippen LogP contribution >= 0.6 is 0 Å². The summed E-state index contributed by atoms with van der Waals surface area (Å²) >= 11 is 0. The van der Waals surface area contributed by atoms with Crippen molar-refractivity contribution in [1.29, 1.82) is 0 Å². The van der Waals surface area contributed by atoms with E-state index in [1.807, 2.05) is 0 Å². The lowest BCUT2D eigenvalue weighted by Crippen LogP contribution is -2.57. The molecule has 158 valence electrons. The van der Waals surface area contributed by atoms with E-state index in [1.165, 1.54) is 6.42 Å². The minimum Gasteiger partial charge on any atom is -0.481 e. The van der Waals surface area contributed by atoms with Gasteiger partial charge in [-0.25, -0.2) is 0 Å². The van der Waals surface area contributed by atoms with E-state index in [2.05, 4.69) is 20.8 Å². The number of carboxylic acids is 1. The predicted molar refractivity (Wildman–Crippen MR) is 108 cm³/mol. The van der Waals surface area contributed by atoms with Gasteiger partial charge in [0.05, 0.1) is 6.10 Å². The third kappa shape index (κ3) is 3.05. The average Bonchev–Trinajstić information content (AvgIpc) is 2.96. The number of rotatable bonds is 4. The molecule has 0 aromatic heterocycles. The highest BCUT2D eigenvalue weighted by molar-refractivity contribution is 5.84. The van der Waals surface area contributed by atoms with Gasteiger partial charge in [-0.15, -0.1) is 0 Å². The molecular weight excluding hydrogens is 352 g/mol. The minimum absolute atomic E-state index is 0.0492. The summed E-state index contributed by atoms with van der Waals surface area (Å²) in [5, 5.41) is 19.3. The average molecular weight is 391 g/mol. The first-order valence-electron chi connectivity index (χ1n) is 11.6. The Morgan fingerprint density at radius 3 is 2.61 bits per heavy atom. The molecule has 0 heterocycles. The molecule has 4 rings (SSSR count). The van der Waals surface area contributed by atoms with Crippen LogP contribution in [0.15, 0.2) is 0 Å². The molecule has 2 N–H and O–H groups in total. The maximum atomic E-state index is 13.6. The summed E-state index contributed by atoms with van der Waals surface area (Å²) in [6, 6.07) is 0. The van der Waals surface area contributed by atoms with Crippen LogP contribution in [0.25, 0.3) is 0 Å². The number of aliphatic hydroxyl groups is 1. The maximum absolute atomic E-state index is 13.6. The third-order valence-corrected chi connectivity index (χ3v) is 9.89. The number of carbonyl (C=O) groups is 2. The van der Waals surface area contributed by atoms with Crippen LogP contribution in [0.1, 0.15) is 85.0 Å². The highest BCUT2D eigenvalue weighted by atomic mass is 16.4. The zero-order valence-corrected chi connectivity index (χ0v) is 17.8. The Labute approximate surface area is 169 Å². The van der Waals surface area contributed by atoms with Crippen LogP contribution in [-0.2, 0) is 9.59 Å². The Balaban J connectivity index is 1.57. The smallest absolute Gasteiger partial charge is 0.303 e. The SMILES string of the molecule is C[C@H](CCC(=O)O)[C@H]1CC[C@H]2[C@@H]3CCC4CC(O)CC[C@]4(C)[C@H]3C(=O)C[C@]12C.